The maximum absolute atomic E-state index is 11.9. The Morgan fingerprint density at radius 2 is 1.00 bits per heavy atom. The largest absolute Gasteiger partial charge is 0.478 e. The highest BCUT2D eigenvalue weighted by Gasteiger charge is 2.15. The van der Waals surface area contributed by atoms with Crippen LogP contribution in [0.2, 0.25) is 0 Å². The smallest absolute Gasteiger partial charge is 0.335 e. The summed E-state index contributed by atoms with van der Waals surface area (Å²) in [5, 5.41) is 19.1. The van der Waals surface area contributed by atoms with Gasteiger partial charge in [0.1, 0.15) is 0 Å². The van der Waals surface area contributed by atoms with Crippen molar-refractivity contribution in [2.24, 2.45) is 0 Å². The van der Waals surface area contributed by atoms with Gasteiger partial charge in [-0.1, -0.05) is 60.7 Å². The molecule has 0 amide bonds. The predicted octanol–water partition coefficient (Wildman–Crippen LogP) is 8.24. The summed E-state index contributed by atoms with van der Waals surface area (Å²) in [6.45, 7) is 0. The van der Waals surface area contributed by atoms with Crippen molar-refractivity contribution in [3.63, 3.8) is 0 Å². The molecule has 0 aliphatic rings. The Kier molecular flexibility index (Phi) is 8.19. The molecule has 3 aromatic heterocycles. The van der Waals surface area contributed by atoms with Gasteiger partial charge in [0.25, 0.3) is 0 Å². The fourth-order valence-corrected chi connectivity index (χ4v) is 4.84. The molecule has 2 N–H and O–H groups in total. The first-order valence-electron chi connectivity index (χ1n) is 14.0. The first kappa shape index (κ1) is 28.7. The second kappa shape index (κ2) is 12.8. The van der Waals surface area contributed by atoms with Gasteiger partial charge in [0.2, 0.25) is 0 Å². The Hall–Kier alpha value is -6.41. The summed E-state index contributed by atoms with van der Waals surface area (Å²) in [4.78, 5) is 38.8. The third-order valence-electron chi connectivity index (χ3n) is 7.04. The number of carbonyl (C=O) groups is 2. The highest BCUT2D eigenvalue weighted by Crippen LogP contribution is 2.34. The van der Waals surface area contributed by atoms with Crippen molar-refractivity contribution >= 4 is 41.2 Å². The van der Waals surface area contributed by atoms with Crippen molar-refractivity contribution in [1.29, 1.82) is 0 Å². The van der Waals surface area contributed by atoms with Gasteiger partial charge in [-0.2, -0.15) is 0 Å². The monoisotopic (exact) mass is 590 g/mol. The van der Waals surface area contributed by atoms with Crippen LogP contribution < -0.4 is 4.90 Å². The van der Waals surface area contributed by atoms with Gasteiger partial charge in [-0.05, 0) is 83.9 Å². The van der Waals surface area contributed by atoms with Gasteiger partial charge < -0.3 is 15.1 Å². The Bertz CT molecular complexity index is 1970. The highest BCUT2D eigenvalue weighted by molar-refractivity contribution is 5.91. The van der Waals surface area contributed by atoms with Crippen LogP contribution in [0.15, 0.2) is 134 Å². The van der Waals surface area contributed by atoms with E-state index in [1.165, 1.54) is 30.5 Å². The van der Waals surface area contributed by atoms with Crippen LogP contribution in [0.3, 0.4) is 0 Å². The fourth-order valence-electron chi connectivity index (χ4n) is 4.84. The molecule has 218 valence electrons. The fraction of sp³-hybridized carbons (Fsp3) is 0. The van der Waals surface area contributed by atoms with Crippen molar-refractivity contribution in [3.8, 4) is 22.8 Å². The lowest BCUT2D eigenvalue weighted by Gasteiger charge is -2.25. The van der Waals surface area contributed by atoms with Crippen LogP contribution in [0, 0.1) is 0 Å². The van der Waals surface area contributed by atoms with Gasteiger partial charge in [-0.15, -0.1) is 0 Å². The molecule has 8 nitrogen and oxygen atoms in total. The van der Waals surface area contributed by atoms with Crippen LogP contribution in [-0.4, -0.2) is 37.1 Å². The molecule has 0 bridgehead atoms. The van der Waals surface area contributed by atoms with Gasteiger partial charge >= 0.3 is 11.9 Å². The van der Waals surface area contributed by atoms with E-state index in [1.807, 2.05) is 60.7 Å². The van der Waals surface area contributed by atoms with E-state index < -0.39 is 11.9 Å². The number of anilines is 3. The molecule has 0 saturated heterocycles. The minimum absolute atomic E-state index is 0.0135. The average Bonchev–Trinajstić information content (AvgIpc) is 3.09. The van der Waals surface area contributed by atoms with Crippen molar-refractivity contribution in [2.75, 3.05) is 4.90 Å². The predicted molar refractivity (Wildman–Crippen MR) is 175 cm³/mol. The molecule has 0 aliphatic heterocycles. The van der Waals surface area contributed by atoms with E-state index in [2.05, 4.69) is 68.4 Å². The number of nitrogens with zero attached hydrogens (tertiary/aromatic N) is 4. The summed E-state index contributed by atoms with van der Waals surface area (Å²) < 4.78 is 0. The molecule has 0 radical (unpaired) electrons. The number of hydrogen-bond donors (Lipinski definition) is 2. The molecule has 3 heterocycles. The number of carboxylic acid groups (broad SMARTS) is 2. The molecule has 45 heavy (non-hydrogen) atoms. The molecule has 8 heteroatoms. The van der Waals surface area contributed by atoms with E-state index in [9.17, 15) is 19.8 Å². The second-order valence-electron chi connectivity index (χ2n) is 10.1. The zero-order chi connectivity index (χ0) is 31.2. The zero-order valence-corrected chi connectivity index (χ0v) is 23.9. The van der Waals surface area contributed by atoms with E-state index in [1.54, 1.807) is 6.20 Å². The maximum atomic E-state index is 11.9. The molecule has 0 spiro atoms. The Balaban J connectivity index is 1.28. The minimum atomic E-state index is -1.15. The molecule has 0 atom stereocenters. The normalized spacial score (nSPS) is 10.9. The van der Waals surface area contributed by atoms with Crippen LogP contribution in [0.25, 0.3) is 34.9 Å². The molecule has 0 fully saturated rings. The minimum Gasteiger partial charge on any atom is -0.478 e. The van der Waals surface area contributed by atoms with Crippen LogP contribution in [0.5, 0.6) is 0 Å². The molecular formula is C37H26N4O4. The van der Waals surface area contributed by atoms with E-state index in [0.717, 1.165) is 28.2 Å². The third kappa shape index (κ3) is 6.65. The first-order chi connectivity index (χ1) is 21.9. The summed E-state index contributed by atoms with van der Waals surface area (Å²) in [6.07, 6.45) is 6.93. The van der Waals surface area contributed by atoms with E-state index >= 15 is 0 Å². The van der Waals surface area contributed by atoms with Crippen molar-refractivity contribution in [3.05, 3.63) is 156 Å². The van der Waals surface area contributed by atoms with Gasteiger partial charge in [-0.25, -0.2) is 14.6 Å². The standard InChI is InChI=1S/C37H26N4O4/c42-36(43)27-18-20-39-33(22-27)35-24-28(37(44)45)23-34(40-35)32-21-26(17-19-38-32)12-11-25-13-15-31(16-14-25)41(29-7-3-1-4-8-29)30-9-5-2-6-10-30/h1-24H,(H,42,43)(H,44,45)/b12-11+. The number of benzene rings is 3. The van der Waals surface area contributed by atoms with E-state index in [-0.39, 0.29) is 22.5 Å². The second-order valence-corrected chi connectivity index (χ2v) is 10.1. The zero-order valence-electron chi connectivity index (χ0n) is 23.9. The number of pyridine rings is 3. The van der Waals surface area contributed by atoms with Crippen LogP contribution >= 0.6 is 0 Å². The van der Waals surface area contributed by atoms with Gasteiger partial charge in [0, 0.05) is 29.5 Å². The SMILES string of the molecule is O=C(O)c1ccnc(-c2cc(C(=O)O)cc(-c3cc(/C=C/c4ccc(N(c5ccccc5)c5ccccc5)cc4)ccn3)n2)c1. The maximum Gasteiger partial charge on any atom is 0.335 e. The molecule has 3 aromatic carbocycles. The highest BCUT2D eigenvalue weighted by atomic mass is 16.4. The topological polar surface area (TPSA) is 117 Å². The van der Waals surface area contributed by atoms with Crippen molar-refractivity contribution in [1.82, 2.24) is 15.0 Å². The number of rotatable bonds is 9. The summed E-state index contributed by atoms with van der Waals surface area (Å²) in [5.41, 5.74) is 6.27. The Morgan fingerprint density at radius 1 is 0.511 bits per heavy atom. The van der Waals surface area contributed by atoms with Crippen LogP contribution in [0.4, 0.5) is 17.1 Å². The van der Waals surface area contributed by atoms with Gasteiger partial charge in [0.15, 0.2) is 0 Å². The van der Waals surface area contributed by atoms with Gasteiger partial charge in [-0.3, -0.25) is 9.97 Å². The average molecular weight is 591 g/mol. The summed E-state index contributed by atoms with van der Waals surface area (Å²) in [6, 6.07) is 37.8. The number of carboxylic acids is 2. The Labute approximate surface area is 259 Å². The van der Waals surface area contributed by atoms with Crippen LogP contribution in [-0.2, 0) is 0 Å². The van der Waals surface area contributed by atoms with E-state index in [0.29, 0.717) is 11.4 Å². The lowest BCUT2D eigenvalue weighted by atomic mass is 10.1. The van der Waals surface area contributed by atoms with E-state index in [4.69, 9.17) is 0 Å². The molecule has 0 saturated carbocycles. The third-order valence-corrected chi connectivity index (χ3v) is 7.04. The lowest BCUT2D eigenvalue weighted by molar-refractivity contribution is 0.0686. The Morgan fingerprint density at radius 3 is 1.58 bits per heavy atom. The quantitative estimate of drug-likeness (QED) is 0.173. The number of aromatic carboxylic acids is 2. The molecule has 6 aromatic rings. The van der Waals surface area contributed by atoms with Gasteiger partial charge in [0.05, 0.1) is 33.9 Å². The number of hydrogen-bond acceptors (Lipinski definition) is 6. The lowest BCUT2D eigenvalue weighted by Crippen LogP contribution is -2.09. The van der Waals surface area contributed by atoms with Crippen molar-refractivity contribution in [2.45, 2.75) is 0 Å². The molecule has 0 unspecified atom stereocenters. The molecule has 6 rings (SSSR count). The molecular weight excluding hydrogens is 564 g/mol. The van der Waals surface area contributed by atoms with Crippen molar-refractivity contribution < 1.29 is 19.8 Å². The number of aromatic nitrogens is 3. The summed E-state index contributed by atoms with van der Waals surface area (Å²) in [7, 11) is 0. The molecule has 0 aliphatic carbocycles. The number of para-hydroxylation sites is 2. The summed E-state index contributed by atoms with van der Waals surface area (Å²) >= 11 is 0. The first-order valence-corrected chi connectivity index (χ1v) is 14.0. The summed E-state index contributed by atoms with van der Waals surface area (Å²) in [5.74, 6) is -2.26. The van der Waals surface area contributed by atoms with Crippen LogP contribution in [0.1, 0.15) is 31.8 Å².